The Kier molecular flexibility index (Phi) is 5.85. The highest BCUT2D eigenvalue weighted by molar-refractivity contribution is 7.99. The maximum atomic E-state index is 13.6. The number of carbonyl (C=O) groups is 1. The second kappa shape index (κ2) is 8.92. The van der Waals surface area contributed by atoms with Crippen LogP contribution in [-0.4, -0.2) is 26.2 Å². The summed E-state index contributed by atoms with van der Waals surface area (Å²) in [7, 11) is 0. The highest BCUT2D eigenvalue weighted by Crippen LogP contribution is 2.35. The summed E-state index contributed by atoms with van der Waals surface area (Å²) in [5, 5.41) is 11.0. The van der Waals surface area contributed by atoms with Gasteiger partial charge in [0.05, 0.1) is 17.7 Å². The van der Waals surface area contributed by atoms with Crippen molar-refractivity contribution in [2.45, 2.75) is 37.4 Å². The first kappa shape index (κ1) is 21.0. The number of Topliss-reactive ketones (excluding diaryl/α,β-unsaturated/α-hetero) is 1. The van der Waals surface area contributed by atoms with Gasteiger partial charge in [0.15, 0.2) is 10.9 Å². The van der Waals surface area contributed by atoms with E-state index in [4.69, 9.17) is 4.98 Å². The second-order valence-corrected chi connectivity index (χ2v) is 9.95. The van der Waals surface area contributed by atoms with Gasteiger partial charge in [-0.1, -0.05) is 54.2 Å². The molecule has 0 saturated carbocycles. The number of rotatable bonds is 6. The van der Waals surface area contributed by atoms with Crippen LogP contribution in [0.3, 0.4) is 0 Å². The summed E-state index contributed by atoms with van der Waals surface area (Å²) in [5.74, 6) is 0.0869. The number of nitrogens with zero attached hydrogens (tertiary/aromatic N) is 2. The van der Waals surface area contributed by atoms with Gasteiger partial charge < -0.3 is 5.11 Å². The molecule has 0 aliphatic heterocycles. The summed E-state index contributed by atoms with van der Waals surface area (Å²) in [6.07, 6.45) is 4.19. The number of hydrogen-bond acceptors (Lipinski definition) is 6. The number of ketones is 1. The number of hydrogen-bond donors (Lipinski definition) is 1. The van der Waals surface area contributed by atoms with E-state index >= 15 is 0 Å². The van der Waals surface area contributed by atoms with E-state index in [1.165, 1.54) is 34.3 Å². The van der Waals surface area contributed by atoms with Crippen LogP contribution in [0.15, 0.2) is 64.5 Å². The van der Waals surface area contributed by atoms with Crippen LogP contribution in [0, 0.1) is 0 Å². The van der Waals surface area contributed by atoms with Crippen LogP contribution >= 0.6 is 23.1 Å². The highest BCUT2D eigenvalue weighted by Gasteiger charge is 2.23. The van der Waals surface area contributed by atoms with Crippen LogP contribution in [0.1, 0.15) is 39.2 Å². The Balaban J connectivity index is 1.54. The molecule has 162 valence electrons. The zero-order chi connectivity index (χ0) is 22.1. The van der Waals surface area contributed by atoms with E-state index < -0.39 is 0 Å². The van der Waals surface area contributed by atoms with Crippen LogP contribution in [0.2, 0.25) is 0 Å². The Morgan fingerprint density at radius 3 is 2.72 bits per heavy atom. The summed E-state index contributed by atoms with van der Waals surface area (Å²) in [4.78, 5) is 33.3. The number of aromatic nitrogens is 2. The molecule has 0 amide bonds. The standard InChI is InChI=1S/C25H22N2O3S2/c28-18-10-6-9-17(13-18)20(29)15-31-25-26-23-22(19-11-4-5-12-21(19)32-23)24(30)27(25)14-16-7-2-1-3-8-16/h1-3,6-10,13,28H,4-5,11-12,14-15H2. The van der Waals surface area contributed by atoms with Crippen LogP contribution in [0.5, 0.6) is 5.75 Å². The smallest absolute Gasteiger partial charge is 0.263 e. The molecule has 32 heavy (non-hydrogen) atoms. The third kappa shape index (κ3) is 4.10. The molecule has 0 radical (unpaired) electrons. The molecular formula is C25H22N2O3S2. The zero-order valence-corrected chi connectivity index (χ0v) is 19.0. The van der Waals surface area contributed by atoms with E-state index in [1.54, 1.807) is 28.0 Å². The van der Waals surface area contributed by atoms with E-state index in [-0.39, 0.29) is 22.8 Å². The lowest BCUT2D eigenvalue weighted by atomic mass is 9.97. The lowest BCUT2D eigenvalue weighted by Gasteiger charge is -2.13. The summed E-state index contributed by atoms with van der Waals surface area (Å²) in [5.41, 5.74) is 2.61. The van der Waals surface area contributed by atoms with Gasteiger partial charge in [-0.2, -0.15) is 0 Å². The lowest BCUT2D eigenvalue weighted by molar-refractivity contribution is 0.102. The van der Waals surface area contributed by atoms with Crippen molar-refractivity contribution in [3.63, 3.8) is 0 Å². The predicted octanol–water partition coefficient (Wildman–Crippen LogP) is 5.07. The largest absolute Gasteiger partial charge is 0.508 e. The molecule has 0 saturated heterocycles. The summed E-state index contributed by atoms with van der Waals surface area (Å²) in [6.45, 7) is 0.413. The average Bonchev–Trinajstić information content (AvgIpc) is 3.19. The Morgan fingerprint density at radius 1 is 1.09 bits per heavy atom. The van der Waals surface area contributed by atoms with E-state index in [1.807, 2.05) is 30.3 Å². The Hall–Kier alpha value is -2.90. The number of fused-ring (bicyclic) bond motifs is 3. The third-order valence-corrected chi connectivity index (χ3v) is 7.89. The molecule has 2 aromatic carbocycles. The van der Waals surface area contributed by atoms with Gasteiger partial charge in [-0.3, -0.25) is 14.2 Å². The van der Waals surface area contributed by atoms with Crippen molar-refractivity contribution in [1.29, 1.82) is 0 Å². The van der Waals surface area contributed by atoms with E-state index in [2.05, 4.69) is 0 Å². The number of phenols is 1. The number of aryl methyl sites for hydroxylation is 2. The van der Waals surface area contributed by atoms with Crippen molar-refractivity contribution in [2.75, 3.05) is 5.75 Å². The summed E-state index contributed by atoms with van der Waals surface area (Å²) in [6, 6.07) is 16.2. The molecule has 0 fully saturated rings. The average molecular weight is 463 g/mol. The molecule has 2 aromatic heterocycles. The monoisotopic (exact) mass is 462 g/mol. The minimum absolute atomic E-state index is 0.0226. The fourth-order valence-electron chi connectivity index (χ4n) is 4.13. The first-order valence-corrected chi connectivity index (χ1v) is 12.4. The van der Waals surface area contributed by atoms with Crippen molar-refractivity contribution in [2.24, 2.45) is 0 Å². The maximum absolute atomic E-state index is 13.6. The van der Waals surface area contributed by atoms with Crippen LogP contribution < -0.4 is 5.56 Å². The van der Waals surface area contributed by atoms with Gasteiger partial charge in [0, 0.05) is 10.4 Å². The van der Waals surface area contributed by atoms with Crippen molar-refractivity contribution < 1.29 is 9.90 Å². The molecular weight excluding hydrogens is 440 g/mol. The minimum Gasteiger partial charge on any atom is -0.508 e. The number of thiophene rings is 1. The Morgan fingerprint density at radius 2 is 1.91 bits per heavy atom. The van der Waals surface area contributed by atoms with Crippen LogP contribution in [0.25, 0.3) is 10.2 Å². The SMILES string of the molecule is O=C(CSc1nc2sc3c(c2c(=O)n1Cc1ccccc1)CCCC3)c1cccc(O)c1. The van der Waals surface area contributed by atoms with Gasteiger partial charge in [0.2, 0.25) is 0 Å². The number of carbonyl (C=O) groups excluding carboxylic acids is 1. The van der Waals surface area contributed by atoms with Crippen molar-refractivity contribution >= 4 is 39.1 Å². The lowest BCUT2D eigenvalue weighted by Crippen LogP contribution is -2.24. The number of benzene rings is 2. The van der Waals surface area contributed by atoms with Crippen molar-refractivity contribution in [3.8, 4) is 5.75 Å². The second-order valence-electron chi connectivity index (χ2n) is 7.92. The minimum atomic E-state index is -0.114. The third-order valence-electron chi connectivity index (χ3n) is 5.72. The first-order valence-electron chi connectivity index (χ1n) is 10.6. The molecule has 0 bridgehead atoms. The van der Waals surface area contributed by atoms with Gasteiger partial charge in [-0.15, -0.1) is 11.3 Å². The Labute approximate surface area is 193 Å². The van der Waals surface area contributed by atoms with E-state index in [9.17, 15) is 14.7 Å². The van der Waals surface area contributed by atoms with Gasteiger partial charge in [0.25, 0.3) is 5.56 Å². The van der Waals surface area contributed by atoms with Gasteiger partial charge >= 0.3 is 0 Å². The fourth-order valence-corrected chi connectivity index (χ4v) is 6.32. The highest BCUT2D eigenvalue weighted by atomic mass is 32.2. The molecule has 7 heteroatoms. The van der Waals surface area contributed by atoms with Gasteiger partial charge in [0.1, 0.15) is 10.6 Å². The zero-order valence-electron chi connectivity index (χ0n) is 17.4. The number of thioether (sulfide) groups is 1. The normalized spacial score (nSPS) is 13.2. The first-order chi connectivity index (χ1) is 15.6. The van der Waals surface area contributed by atoms with Crippen molar-refractivity contribution in [1.82, 2.24) is 9.55 Å². The van der Waals surface area contributed by atoms with Crippen LogP contribution in [-0.2, 0) is 19.4 Å². The summed E-state index contributed by atoms with van der Waals surface area (Å²) < 4.78 is 1.71. The number of phenolic OH excluding ortho intramolecular Hbond substituents is 1. The predicted molar refractivity (Wildman–Crippen MR) is 129 cm³/mol. The molecule has 1 aliphatic carbocycles. The molecule has 5 nitrogen and oxygen atoms in total. The van der Waals surface area contributed by atoms with Gasteiger partial charge in [-0.25, -0.2) is 4.98 Å². The molecule has 1 aliphatic rings. The topological polar surface area (TPSA) is 72.2 Å². The fraction of sp³-hybridized carbons (Fsp3) is 0.240. The molecule has 0 spiro atoms. The molecule has 1 N–H and O–H groups in total. The van der Waals surface area contributed by atoms with E-state index in [0.29, 0.717) is 17.3 Å². The molecule has 2 heterocycles. The molecule has 0 atom stereocenters. The van der Waals surface area contributed by atoms with Crippen molar-refractivity contribution in [3.05, 3.63) is 86.5 Å². The summed E-state index contributed by atoms with van der Waals surface area (Å²) >= 11 is 2.90. The quantitative estimate of drug-likeness (QED) is 0.246. The van der Waals surface area contributed by atoms with E-state index in [0.717, 1.165) is 41.5 Å². The van der Waals surface area contributed by atoms with Crippen LogP contribution in [0.4, 0.5) is 0 Å². The Bertz CT molecular complexity index is 1360. The maximum Gasteiger partial charge on any atom is 0.263 e. The van der Waals surface area contributed by atoms with Gasteiger partial charge in [-0.05, 0) is 48.9 Å². The molecule has 5 rings (SSSR count). The molecule has 0 unspecified atom stereocenters. The molecule has 4 aromatic rings. The number of aromatic hydroxyl groups is 1.